The average Bonchev–Trinajstić information content (AvgIpc) is 3.51. The van der Waals surface area contributed by atoms with E-state index in [4.69, 9.17) is 9.90 Å². The smallest absolute Gasteiger partial charge is 0.475 e. The van der Waals surface area contributed by atoms with E-state index in [0.717, 1.165) is 28.3 Å². The summed E-state index contributed by atoms with van der Waals surface area (Å²) in [5, 5.41) is 14.7. The molecule has 1 aromatic carbocycles. The third-order valence-electron chi connectivity index (χ3n) is 4.79. The summed E-state index contributed by atoms with van der Waals surface area (Å²) in [4.78, 5) is 22.2. The van der Waals surface area contributed by atoms with Gasteiger partial charge in [-0.1, -0.05) is 6.07 Å². The number of carboxylic acids is 1. The van der Waals surface area contributed by atoms with Crippen molar-refractivity contribution in [1.29, 1.82) is 0 Å². The molecular weight excluding hydrogens is 482 g/mol. The van der Waals surface area contributed by atoms with E-state index in [2.05, 4.69) is 25.4 Å². The first-order valence-electron chi connectivity index (χ1n) is 10.3. The Balaban J connectivity index is 0.000000384. The highest BCUT2D eigenvalue weighted by Gasteiger charge is 2.38. The number of halogens is 4. The predicted octanol–water partition coefficient (Wildman–Crippen LogP) is 4.36. The molecular formula is C23H17F4N7O2. The van der Waals surface area contributed by atoms with Gasteiger partial charge in [0.05, 0.1) is 36.0 Å². The number of carboxylic acid groups (broad SMARTS) is 1. The monoisotopic (exact) mass is 499 g/mol. The number of aromatic nitrogens is 6. The van der Waals surface area contributed by atoms with Gasteiger partial charge in [0.15, 0.2) is 0 Å². The summed E-state index contributed by atoms with van der Waals surface area (Å²) >= 11 is 0. The first-order chi connectivity index (χ1) is 17.2. The van der Waals surface area contributed by atoms with Gasteiger partial charge in [-0.15, -0.1) is 0 Å². The number of pyridine rings is 1. The fraction of sp³-hybridized carbons (Fsp3) is 0.0870. The standard InChI is InChI=1S/C21H16FN7.C2HF3O2/c22-16-4-6-17(7-5-16)29-14-15(11-26-29)19-8-9-23-21(27-19)25-13-18-12-24-20-3-1-2-10-28(18)20;3-2(4,5)1(6)7/h1-12,14H,13H2,(H,23,25,27);(H,6,7). The van der Waals surface area contributed by atoms with Crippen LogP contribution >= 0.6 is 0 Å². The lowest BCUT2D eigenvalue weighted by molar-refractivity contribution is -0.192. The lowest BCUT2D eigenvalue weighted by Gasteiger charge is -2.06. The number of benzene rings is 1. The van der Waals surface area contributed by atoms with Crippen LogP contribution in [0, 0.1) is 5.82 Å². The normalized spacial score (nSPS) is 11.1. The molecule has 0 aliphatic rings. The van der Waals surface area contributed by atoms with Crippen molar-refractivity contribution in [2.75, 3.05) is 5.32 Å². The maximum Gasteiger partial charge on any atom is 0.490 e. The molecule has 184 valence electrons. The molecule has 4 aromatic heterocycles. The Morgan fingerprint density at radius 1 is 1.03 bits per heavy atom. The van der Waals surface area contributed by atoms with Gasteiger partial charge in [-0.25, -0.2) is 28.8 Å². The number of aliphatic carboxylic acids is 1. The largest absolute Gasteiger partial charge is 0.490 e. The van der Waals surface area contributed by atoms with E-state index in [0.29, 0.717) is 12.5 Å². The van der Waals surface area contributed by atoms with Crippen LogP contribution in [0.2, 0.25) is 0 Å². The lowest BCUT2D eigenvalue weighted by atomic mass is 10.2. The summed E-state index contributed by atoms with van der Waals surface area (Å²) in [6.07, 6.45) is 4.00. The Labute approximate surface area is 200 Å². The minimum atomic E-state index is -5.08. The topological polar surface area (TPSA) is 110 Å². The van der Waals surface area contributed by atoms with Gasteiger partial charge in [-0.2, -0.15) is 18.3 Å². The first-order valence-corrected chi connectivity index (χ1v) is 10.3. The molecule has 13 heteroatoms. The number of imidazole rings is 1. The summed E-state index contributed by atoms with van der Waals surface area (Å²) in [5.74, 6) is -2.52. The molecule has 4 heterocycles. The zero-order valence-electron chi connectivity index (χ0n) is 18.3. The van der Waals surface area contributed by atoms with Crippen molar-refractivity contribution in [2.24, 2.45) is 0 Å². The van der Waals surface area contributed by atoms with Crippen molar-refractivity contribution < 1.29 is 27.5 Å². The molecule has 0 spiro atoms. The fourth-order valence-electron chi connectivity index (χ4n) is 3.08. The zero-order valence-corrected chi connectivity index (χ0v) is 18.3. The first kappa shape index (κ1) is 24.3. The van der Waals surface area contributed by atoms with Crippen molar-refractivity contribution in [3.8, 4) is 16.9 Å². The highest BCUT2D eigenvalue weighted by molar-refractivity contribution is 5.73. The third kappa shape index (κ3) is 5.81. The summed E-state index contributed by atoms with van der Waals surface area (Å²) in [6.45, 7) is 0.545. The molecule has 0 unspecified atom stereocenters. The molecule has 5 aromatic rings. The van der Waals surface area contributed by atoms with Crippen LogP contribution in [-0.4, -0.2) is 46.4 Å². The second-order valence-corrected chi connectivity index (χ2v) is 7.25. The van der Waals surface area contributed by atoms with Crippen LogP contribution in [0.5, 0.6) is 0 Å². The second-order valence-electron chi connectivity index (χ2n) is 7.25. The fourth-order valence-corrected chi connectivity index (χ4v) is 3.08. The van der Waals surface area contributed by atoms with Crippen LogP contribution in [0.15, 0.2) is 79.5 Å². The van der Waals surface area contributed by atoms with E-state index < -0.39 is 12.1 Å². The van der Waals surface area contributed by atoms with Gasteiger partial charge in [0, 0.05) is 24.2 Å². The Morgan fingerprint density at radius 2 is 1.78 bits per heavy atom. The van der Waals surface area contributed by atoms with Crippen LogP contribution in [0.3, 0.4) is 0 Å². The molecule has 0 atom stereocenters. The second kappa shape index (κ2) is 10.2. The van der Waals surface area contributed by atoms with Gasteiger partial charge in [-0.3, -0.25) is 0 Å². The molecule has 9 nitrogen and oxygen atoms in total. The SMILES string of the molecule is Fc1ccc(-n2cc(-c3ccnc(NCc4cnc5ccccn45)n3)cn2)cc1.O=C(O)C(F)(F)F. The van der Waals surface area contributed by atoms with Crippen LogP contribution in [0.4, 0.5) is 23.5 Å². The van der Waals surface area contributed by atoms with Crippen LogP contribution in [-0.2, 0) is 11.3 Å². The van der Waals surface area contributed by atoms with E-state index in [1.807, 2.05) is 47.3 Å². The van der Waals surface area contributed by atoms with E-state index >= 15 is 0 Å². The molecule has 0 saturated carbocycles. The summed E-state index contributed by atoms with van der Waals surface area (Å²) in [6, 6.07) is 13.9. The van der Waals surface area contributed by atoms with E-state index in [1.54, 1.807) is 29.2 Å². The van der Waals surface area contributed by atoms with Gasteiger partial charge in [0.1, 0.15) is 11.5 Å². The predicted molar refractivity (Wildman–Crippen MR) is 121 cm³/mol. The van der Waals surface area contributed by atoms with Crippen molar-refractivity contribution in [2.45, 2.75) is 12.7 Å². The molecule has 0 amide bonds. The molecule has 36 heavy (non-hydrogen) atoms. The summed E-state index contributed by atoms with van der Waals surface area (Å²) in [5.41, 5.74) is 4.27. The maximum absolute atomic E-state index is 13.1. The van der Waals surface area contributed by atoms with Gasteiger partial charge < -0.3 is 14.8 Å². The molecule has 0 fully saturated rings. The molecule has 0 aliphatic heterocycles. The average molecular weight is 499 g/mol. The molecule has 0 aliphatic carbocycles. The zero-order chi connectivity index (χ0) is 25.7. The van der Waals surface area contributed by atoms with Crippen molar-refractivity contribution in [1.82, 2.24) is 29.1 Å². The highest BCUT2D eigenvalue weighted by atomic mass is 19.4. The van der Waals surface area contributed by atoms with Gasteiger partial charge >= 0.3 is 12.1 Å². The number of nitrogens with zero attached hydrogens (tertiary/aromatic N) is 6. The van der Waals surface area contributed by atoms with Crippen LogP contribution in [0.1, 0.15) is 5.69 Å². The Morgan fingerprint density at radius 3 is 2.50 bits per heavy atom. The van der Waals surface area contributed by atoms with Gasteiger partial charge in [0.2, 0.25) is 5.95 Å². The van der Waals surface area contributed by atoms with E-state index in [-0.39, 0.29) is 5.82 Å². The third-order valence-corrected chi connectivity index (χ3v) is 4.79. The Hall–Kier alpha value is -4.81. The quantitative estimate of drug-likeness (QED) is 0.346. The number of anilines is 1. The Bertz CT molecular complexity index is 1480. The maximum atomic E-state index is 13.1. The van der Waals surface area contributed by atoms with E-state index in [9.17, 15) is 17.6 Å². The molecule has 0 bridgehead atoms. The molecule has 0 saturated heterocycles. The number of hydrogen-bond donors (Lipinski definition) is 2. The van der Waals surface area contributed by atoms with Crippen molar-refractivity contribution in [3.05, 3.63) is 91.0 Å². The number of alkyl halides is 3. The molecule has 5 rings (SSSR count). The summed E-state index contributed by atoms with van der Waals surface area (Å²) in [7, 11) is 0. The molecule has 2 N–H and O–H groups in total. The van der Waals surface area contributed by atoms with Gasteiger partial charge in [0.25, 0.3) is 0 Å². The minimum Gasteiger partial charge on any atom is -0.475 e. The van der Waals surface area contributed by atoms with Gasteiger partial charge in [-0.05, 0) is 42.5 Å². The highest BCUT2D eigenvalue weighted by Crippen LogP contribution is 2.19. The number of fused-ring (bicyclic) bond motifs is 1. The molecule has 0 radical (unpaired) electrons. The van der Waals surface area contributed by atoms with Crippen LogP contribution < -0.4 is 5.32 Å². The van der Waals surface area contributed by atoms with Crippen molar-refractivity contribution >= 4 is 17.6 Å². The number of hydrogen-bond acceptors (Lipinski definition) is 6. The number of rotatable bonds is 5. The van der Waals surface area contributed by atoms with Crippen molar-refractivity contribution in [3.63, 3.8) is 0 Å². The van der Waals surface area contributed by atoms with Crippen LogP contribution in [0.25, 0.3) is 22.6 Å². The minimum absolute atomic E-state index is 0.279. The number of nitrogens with one attached hydrogen (secondary N) is 1. The number of carbonyl (C=O) groups is 1. The summed E-state index contributed by atoms with van der Waals surface area (Å²) < 4.78 is 48.6. The Kier molecular flexibility index (Phi) is 6.90. The van der Waals surface area contributed by atoms with E-state index in [1.165, 1.54) is 12.1 Å². The lowest BCUT2D eigenvalue weighted by Crippen LogP contribution is -2.21.